The number of rotatable bonds is 7. The lowest BCUT2D eigenvalue weighted by Gasteiger charge is -2.30. The van der Waals surface area contributed by atoms with E-state index in [2.05, 4.69) is 10.6 Å². The van der Waals surface area contributed by atoms with E-state index in [4.69, 9.17) is 5.41 Å². The molecule has 9 heteroatoms. The molecule has 0 radical (unpaired) electrons. The lowest BCUT2D eigenvalue weighted by Crippen LogP contribution is -2.44. The molecule has 3 N–H and O–H groups in total. The fourth-order valence-corrected chi connectivity index (χ4v) is 4.59. The number of anilines is 3. The zero-order valence-corrected chi connectivity index (χ0v) is 19.7. The van der Waals surface area contributed by atoms with Crippen molar-refractivity contribution >= 4 is 35.1 Å². The number of halogens is 1. The molecule has 8 nitrogen and oxygen atoms in total. The van der Waals surface area contributed by atoms with Gasteiger partial charge in [0.2, 0.25) is 11.5 Å². The molecule has 2 fully saturated rings. The lowest BCUT2D eigenvalue weighted by molar-refractivity contribution is -0.128. The molecule has 2 atom stereocenters. The number of aryl methyl sites for hydroxylation is 1. The molecule has 1 saturated heterocycles. The number of alkyl halides is 1. The van der Waals surface area contributed by atoms with Crippen molar-refractivity contribution in [2.75, 3.05) is 10.2 Å². The molecule has 0 spiro atoms. The Morgan fingerprint density at radius 1 is 1.11 bits per heavy atom. The van der Waals surface area contributed by atoms with Crippen molar-refractivity contribution in [2.45, 2.75) is 37.0 Å². The van der Waals surface area contributed by atoms with Crippen LogP contribution in [0.25, 0.3) is 0 Å². The Hall–Kier alpha value is -4.27. The molecule has 36 heavy (non-hydrogen) atoms. The Labute approximate surface area is 207 Å². The number of carbonyl (C=O) groups is 2. The van der Waals surface area contributed by atoms with Gasteiger partial charge in [-0.15, -0.1) is 0 Å². The number of hydrogen-bond donors (Lipinski definition) is 3. The van der Waals surface area contributed by atoms with Gasteiger partial charge in [0.25, 0.3) is 5.91 Å². The summed E-state index contributed by atoms with van der Waals surface area (Å²) in [6, 6.07) is 16.6. The summed E-state index contributed by atoms with van der Waals surface area (Å²) in [6.07, 6.45) is 3.28. The van der Waals surface area contributed by atoms with Gasteiger partial charge in [0.15, 0.2) is 5.67 Å². The predicted octanol–water partition coefficient (Wildman–Crippen LogP) is 3.59. The van der Waals surface area contributed by atoms with Crippen LogP contribution in [-0.2, 0) is 16.6 Å². The minimum atomic E-state index is -1.83. The molecule has 1 aliphatic carbocycles. The van der Waals surface area contributed by atoms with E-state index in [1.807, 2.05) is 30.3 Å². The smallest absolute Gasteiger partial charge is 0.257 e. The van der Waals surface area contributed by atoms with Crippen molar-refractivity contribution < 1.29 is 14.0 Å². The molecule has 2 amide bonds. The monoisotopic (exact) mass is 487 g/mol. The third-order valence-electron chi connectivity index (χ3n) is 6.71. The van der Waals surface area contributed by atoms with Gasteiger partial charge in [-0.3, -0.25) is 14.4 Å². The third kappa shape index (κ3) is 4.39. The molecule has 5 rings (SSSR count). The Balaban J connectivity index is 1.48. The van der Waals surface area contributed by atoms with E-state index in [0.29, 0.717) is 22.6 Å². The molecule has 1 aliphatic heterocycles. The van der Waals surface area contributed by atoms with Crippen LogP contribution in [0.1, 0.15) is 36.4 Å². The SMILES string of the molecule is Cn1cc(Nc2ccc(N3C(=O)C[C@@H](NC(=O)C4(F)CC4)[C@@H]3c3ccccc3)cc2C=N)ccc1=O. The quantitative estimate of drug-likeness (QED) is 0.443. The van der Waals surface area contributed by atoms with Crippen LogP contribution in [0.5, 0.6) is 0 Å². The average Bonchev–Trinajstić information content (AvgIpc) is 3.55. The minimum absolute atomic E-state index is 0.0410. The molecular weight excluding hydrogens is 461 g/mol. The largest absolute Gasteiger partial charge is 0.354 e. The van der Waals surface area contributed by atoms with E-state index in [0.717, 1.165) is 5.56 Å². The molecule has 2 heterocycles. The molecule has 0 unspecified atom stereocenters. The molecular formula is C27H26FN5O3. The Kier molecular flexibility index (Phi) is 5.91. The first-order valence-corrected chi connectivity index (χ1v) is 11.7. The van der Waals surface area contributed by atoms with Gasteiger partial charge >= 0.3 is 0 Å². The van der Waals surface area contributed by atoms with Crippen molar-refractivity contribution in [3.05, 3.63) is 88.3 Å². The summed E-state index contributed by atoms with van der Waals surface area (Å²) < 4.78 is 15.9. The van der Waals surface area contributed by atoms with Gasteiger partial charge in [-0.2, -0.15) is 0 Å². The maximum absolute atomic E-state index is 14.4. The molecule has 3 aromatic rings. The standard InChI is InChI=1S/C27H26FN5O3/c1-32-16-19(7-10-23(32)34)30-21-9-8-20(13-18(21)15-29)33-24(35)14-22(31-26(36)27(28)11-12-27)25(33)17-5-3-2-4-6-17/h2-10,13,15-16,22,25,29-30H,11-12,14H2,1H3,(H,31,36)/t22-,25+/m1/s1. The van der Waals surface area contributed by atoms with Crippen LogP contribution in [0, 0.1) is 5.41 Å². The van der Waals surface area contributed by atoms with Crippen LogP contribution >= 0.6 is 0 Å². The molecule has 0 bridgehead atoms. The van der Waals surface area contributed by atoms with E-state index in [9.17, 15) is 18.8 Å². The maximum atomic E-state index is 14.4. The summed E-state index contributed by atoms with van der Waals surface area (Å²) in [5, 5.41) is 13.9. The fourth-order valence-electron chi connectivity index (χ4n) is 4.59. The second-order valence-electron chi connectivity index (χ2n) is 9.28. The van der Waals surface area contributed by atoms with E-state index < -0.39 is 23.7 Å². The van der Waals surface area contributed by atoms with Gasteiger partial charge < -0.3 is 25.5 Å². The van der Waals surface area contributed by atoms with Gasteiger partial charge in [-0.1, -0.05) is 30.3 Å². The summed E-state index contributed by atoms with van der Waals surface area (Å²) in [5.41, 5.74) is 1.26. The van der Waals surface area contributed by atoms with Crippen LogP contribution < -0.4 is 21.1 Å². The molecule has 184 valence electrons. The molecule has 1 saturated carbocycles. The highest BCUT2D eigenvalue weighted by molar-refractivity contribution is 6.00. The number of benzene rings is 2. The van der Waals surface area contributed by atoms with E-state index in [1.165, 1.54) is 16.8 Å². The number of aromatic nitrogens is 1. The summed E-state index contributed by atoms with van der Waals surface area (Å²) in [6.45, 7) is 0. The number of nitrogens with zero attached hydrogens (tertiary/aromatic N) is 2. The predicted molar refractivity (Wildman–Crippen MR) is 136 cm³/mol. The minimum Gasteiger partial charge on any atom is -0.354 e. The zero-order valence-electron chi connectivity index (χ0n) is 19.7. The zero-order chi connectivity index (χ0) is 25.4. The van der Waals surface area contributed by atoms with Crippen molar-refractivity contribution in [3.8, 4) is 0 Å². The summed E-state index contributed by atoms with van der Waals surface area (Å²) in [7, 11) is 1.65. The van der Waals surface area contributed by atoms with Crippen LogP contribution in [0.3, 0.4) is 0 Å². The van der Waals surface area contributed by atoms with Crippen LogP contribution in [0.15, 0.2) is 71.7 Å². The van der Waals surface area contributed by atoms with E-state index >= 15 is 0 Å². The van der Waals surface area contributed by atoms with Crippen molar-refractivity contribution in [1.29, 1.82) is 5.41 Å². The van der Waals surface area contributed by atoms with Gasteiger partial charge in [0.05, 0.1) is 17.8 Å². The number of amides is 2. The van der Waals surface area contributed by atoms with Crippen molar-refractivity contribution in [1.82, 2.24) is 9.88 Å². The highest BCUT2D eigenvalue weighted by Gasteiger charge is 2.53. The maximum Gasteiger partial charge on any atom is 0.257 e. The number of hydrogen-bond acceptors (Lipinski definition) is 5. The number of nitrogens with one attached hydrogen (secondary N) is 3. The first-order valence-electron chi connectivity index (χ1n) is 11.7. The Morgan fingerprint density at radius 3 is 2.53 bits per heavy atom. The van der Waals surface area contributed by atoms with Gasteiger partial charge in [0.1, 0.15) is 0 Å². The molecule has 1 aromatic heterocycles. The highest BCUT2D eigenvalue weighted by Crippen LogP contribution is 2.42. The second kappa shape index (κ2) is 9.07. The Morgan fingerprint density at radius 2 is 1.86 bits per heavy atom. The van der Waals surface area contributed by atoms with E-state index in [-0.39, 0.29) is 30.7 Å². The van der Waals surface area contributed by atoms with Crippen molar-refractivity contribution in [3.63, 3.8) is 0 Å². The molecule has 2 aliphatic rings. The van der Waals surface area contributed by atoms with Crippen LogP contribution in [0.4, 0.5) is 21.5 Å². The summed E-state index contributed by atoms with van der Waals surface area (Å²) in [5.74, 6) is -0.868. The summed E-state index contributed by atoms with van der Waals surface area (Å²) in [4.78, 5) is 39.0. The fraction of sp³-hybridized carbons (Fsp3) is 0.259. The van der Waals surface area contributed by atoms with E-state index in [1.54, 1.807) is 42.4 Å². The topological polar surface area (TPSA) is 107 Å². The average molecular weight is 488 g/mol. The van der Waals surface area contributed by atoms with Gasteiger partial charge in [0, 0.05) is 48.9 Å². The summed E-state index contributed by atoms with van der Waals surface area (Å²) >= 11 is 0. The first-order chi connectivity index (χ1) is 17.3. The third-order valence-corrected chi connectivity index (χ3v) is 6.71. The highest BCUT2D eigenvalue weighted by atomic mass is 19.1. The number of carbonyl (C=O) groups excluding carboxylic acids is 2. The second-order valence-corrected chi connectivity index (χ2v) is 9.28. The van der Waals surface area contributed by atoms with Crippen molar-refractivity contribution in [2.24, 2.45) is 7.05 Å². The first kappa shape index (κ1) is 23.5. The van der Waals surface area contributed by atoms with Gasteiger partial charge in [-0.05, 0) is 42.7 Å². The lowest BCUT2D eigenvalue weighted by atomic mass is 9.99. The Bertz CT molecular complexity index is 1400. The number of pyridine rings is 1. The molecule has 2 aromatic carbocycles. The van der Waals surface area contributed by atoms with Gasteiger partial charge in [-0.25, -0.2) is 4.39 Å². The normalized spacial score (nSPS) is 20.2. The van der Waals surface area contributed by atoms with Crippen LogP contribution in [-0.4, -0.2) is 34.3 Å². The van der Waals surface area contributed by atoms with Crippen LogP contribution in [0.2, 0.25) is 0 Å².